The molecule has 2 aromatic rings. The number of rotatable bonds is 3. The van der Waals surface area contributed by atoms with Gasteiger partial charge in [-0.2, -0.15) is 0 Å². The Morgan fingerprint density at radius 2 is 1.71 bits per heavy atom. The summed E-state index contributed by atoms with van der Waals surface area (Å²) in [5.74, 6) is -0.0533. The Bertz CT molecular complexity index is 738. The van der Waals surface area contributed by atoms with Crippen molar-refractivity contribution in [3.63, 3.8) is 0 Å². The first-order valence-electron chi connectivity index (χ1n) is 6.30. The molecule has 0 aliphatic carbocycles. The lowest BCUT2D eigenvalue weighted by atomic mass is 9.87. The van der Waals surface area contributed by atoms with Gasteiger partial charge in [0, 0.05) is 6.20 Å². The van der Waals surface area contributed by atoms with Gasteiger partial charge in [-0.25, -0.2) is 23.1 Å². The quantitative estimate of drug-likeness (QED) is 0.879. The molecule has 0 atom stereocenters. The highest BCUT2D eigenvalue weighted by Crippen LogP contribution is 2.24. The van der Waals surface area contributed by atoms with E-state index in [4.69, 9.17) is 11.6 Å². The highest BCUT2D eigenvalue weighted by molar-refractivity contribution is 7.92. The van der Waals surface area contributed by atoms with Crippen LogP contribution in [0, 0.1) is 0 Å². The molecule has 0 bridgehead atoms. The zero-order valence-electron chi connectivity index (χ0n) is 12.0. The number of anilines is 1. The minimum absolute atomic E-state index is 0.0359. The Hall–Kier alpha value is -1.66. The molecule has 0 unspecified atom stereocenters. The molecule has 0 spiro atoms. The summed E-state index contributed by atoms with van der Waals surface area (Å²) in [5, 5.41) is 0.172. The molecule has 0 saturated carbocycles. The molecule has 0 fully saturated rings. The SMILES string of the molecule is CC(C)(C)c1ccc(S(=O)(=O)Nc2nccc(Cl)n2)cc1. The zero-order chi connectivity index (χ0) is 15.7. The Labute approximate surface area is 129 Å². The summed E-state index contributed by atoms with van der Waals surface area (Å²) < 4.78 is 26.8. The molecule has 1 N–H and O–H groups in total. The lowest BCUT2D eigenvalue weighted by Crippen LogP contribution is -2.16. The maximum absolute atomic E-state index is 12.2. The van der Waals surface area contributed by atoms with Gasteiger partial charge in [0.25, 0.3) is 10.0 Å². The number of nitrogens with one attached hydrogen (secondary N) is 1. The normalized spacial score (nSPS) is 12.2. The third-order valence-electron chi connectivity index (χ3n) is 2.88. The van der Waals surface area contributed by atoms with Crippen LogP contribution in [0.5, 0.6) is 0 Å². The summed E-state index contributed by atoms with van der Waals surface area (Å²) >= 11 is 5.70. The fourth-order valence-corrected chi connectivity index (χ4v) is 2.79. The second kappa shape index (κ2) is 5.61. The highest BCUT2D eigenvalue weighted by atomic mass is 35.5. The average Bonchev–Trinajstić information content (AvgIpc) is 2.37. The second-order valence-corrected chi connectivity index (χ2v) is 7.65. The lowest BCUT2D eigenvalue weighted by molar-refractivity contribution is 0.587. The zero-order valence-corrected chi connectivity index (χ0v) is 13.5. The molecular weight excluding hydrogens is 310 g/mol. The summed E-state index contributed by atoms with van der Waals surface area (Å²) in [7, 11) is -3.73. The molecule has 1 heterocycles. The van der Waals surface area contributed by atoms with E-state index in [2.05, 4.69) is 35.5 Å². The molecule has 112 valence electrons. The maximum atomic E-state index is 12.2. The van der Waals surface area contributed by atoms with Gasteiger partial charge in [-0.3, -0.25) is 0 Å². The molecule has 1 aromatic carbocycles. The van der Waals surface area contributed by atoms with Gasteiger partial charge in [0.1, 0.15) is 5.15 Å². The van der Waals surface area contributed by atoms with Crippen LogP contribution in [0.15, 0.2) is 41.4 Å². The number of aromatic nitrogens is 2. The predicted molar refractivity (Wildman–Crippen MR) is 83.0 cm³/mol. The molecule has 0 saturated heterocycles. The molecule has 21 heavy (non-hydrogen) atoms. The Morgan fingerprint density at radius 3 is 2.24 bits per heavy atom. The summed E-state index contributed by atoms with van der Waals surface area (Å²) in [4.78, 5) is 7.78. The predicted octanol–water partition coefficient (Wildman–Crippen LogP) is 3.23. The molecule has 0 aliphatic rings. The van der Waals surface area contributed by atoms with Gasteiger partial charge in [0.15, 0.2) is 0 Å². The highest BCUT2D eigenvalue weighted by Gasteiger charge is 2.18. The number of sulfonamides is 1. The summed E-state index contributed by atoms with van der Waals surface area (Å²) in [6.45, 7) is 6.19. The van der Waals surface area contributed by atoms with Crippen LogP contribution >= 0.6 is 11.6 Å². The molecule has 1 aromatic heterocycles. The summed E-state index contributed by atoms with van der Waals surface area (Å²) in [6, 6.07) is 8.19. The van der Waals surface area contributed by atoms with Crippen LogP contribution in [0.3, 0.4) is 0 Å². The lowest BCUT2D eigenvalue weighted by Gasteiger charge is -2.19. The number of nitrogens with zero attached hydrogens (tertiary/aromatic N) is 2. The number of hydrogen-bond acceptors (Lipinski definition) is 4. The topological polar surface area (TPSA) is 72.0 Å². The molecular formula is C14H16ClN3O2S. The minimum atomic E-state index is -3.73. The first-order chi connectivity index (χ1) is 9.68. The van der Waals surface area contributed by atoms with Crippen molar-refractivity contribution in [2.75, 3.05) is 4.72 Å². The molecule has 0 amide bonds. The van der Waals surface area contributed by atoms with Crippen molar-refractivity contribution in [1.82, 2.24) is 9.97 Å². The Morgan fingerprint density at radius 1 is 1.10 bits per heavy atom. The van der Waals surface area contributed by atoms with Crippen molar-refractivity contribution >= 4 is 27.6 Å². The minimum Gasteiger partial charge on any atom is -0.247 e. The summed E-state index contributed by atoms with van der Waals surface area (Å²) in [5.41, 5.74) is 1.02. The van der Waals surface area contributed by atoms with E-state index in [0.717, 1.165) is 5.56 Å². The molecule has 2 rings (SSSR count). The number of halogens is 1. The van der Waals surface area contributed by atoms with Crippen LogP contribution in [-0.4, -0.2) is 18.4 Å². The standard InChI is InChI=1S/C14H16ClN3O2S/c1-14(2,3)10-4-6-11(7-5-10)21(19,20)18-13-16-9-8-12(15)17-13/h4-9H,1-3H3,(H,16,17,18). The Kier molecular flexibility index (Phi) is 4.20. The number of hydrogen-bond donors (Lipinski definition) is 1. The second-order valence-electron chi connectivity index (χ2n) is 5.58. The molecule has 5 nitrogen and oxygen atoms in total. The fraction of sp³-hybridized carbons (Fsp3) is 0.286. The van der Waals surface area contributed by atoms with E-state index in [1.165, 1.54) is 12.3 Å². The van der Waals surface area contributed by atoms with E-state index in [9.17, 15) is 8.42 Å². The average molecular weight is 326 g/mol. The van der Waals surface area contributed by atoms with Crippen molar-refractivity contribution in [2.45, 2.75) is 31.1 Å². The number of benzene rings is 1. The molecule has 0 radical (unpaired) electrons. The van der Waals surface area contributed by atoms with Crippen LogP contribution in [-0.2, 0) is 15.4 Å². The first-order valence-corrected chi connectivity index (χ1v) is 8.16. The Balaban J connectivity index is 2.28. The van der Waals surface area contributed by atoms with E-state index in [1.807, 2.05) is 0 Å². The molecule has 7 heteroatoms. The van der Waals surface area contributed by atoms with Crippen molar-refractivity contribution < 1.29 is 8.42 Å². The van der Waals surface area contributed by atoms with E-state index < -0.39 is 10.0 Å². The van der Waals surface area contributed by atoms with Crippen molar-refractivity contribution in [2.24, 2.45) is 0 Å². The van der Waals surface area contributed by atoms with E-state index in [-0.39, 0.29) is 21.4 Å². The van der Waals surface area contributed by atoms with Crippen LogP contribution in [0.4, 0.5) is 5.95 Å². The van der Waals surface area contributed by atoms with E-state index in [0.29, 0.717) is 0 Å². The fourth-order valence-electron chi connectivity index (χ4n) is 1.70. The van der Waals surface area contributed by atoms with E-state index in [1.54, 1.807) is 24.3 Å². The van der Waals surface area contributed by atoms with Gasteiger partial charge < -0.3 is 0 Å². The van der Waals surface area contributed by atoms with Gasteiger partial charge >= 0.3 is 0 Å². The van der Waals surface area contributed by atoms with Gasteiger partial charge in [0.05, 0.1) is 4.90 Å². The molecule has 0 aliphatic heterocycles. The van der Waals surface area contributed by atoms with E-state index >= 15 is 0 Å². The smallest absolute Gasteiger partial charge is 0.247 e. The van der Waals surface area contributed by atoms with Crippen LogP contribution < -0.4 is 4.72 Å². The van der Waals surface area contributed by atoms with Crippen molar-refractivity contribution in [3.8, 4) is 0 Å². The van der Waals surface area contributed by atoms with Crippen molar-refractivity contribution in [3.05, 3.63) is 47.2 Å². The van der Waals surface area contributed by atoms with Gasteiger partial charge in [-0.05, 0) is 29.2 Å². The van der Waals surface area contributed by atoms with Crippen molar-refractivity contribution in [1.29, 1.82) is 0 Å². The van der Waals surface area contributed by atoms with Crippen LogP contribution in [0.25, 0.3) is 0 Å². The van der Waals surface area contributed by atoms with Gasteiger partial charge in [0.2, 0.25) is 5.95 Å². The van der Waals surface area contributed by atoms with Gasteiger partial charge in [-0.15, -0.1) is 0 Å². The van der Waals surface area contributed by atoms with Gasteiger partial charge in [-0.1, -0.05) is 44.5 Å². The largest absolute Gasteiger partial charge is 0.264 e. The maximum Gasteiger partial charge on any atom is 0.264 e. The third-order valence-corrected chi connectivity index (χ3v) is 4.43. The summed E-state index contributed by atoms with van der Waals surface area (Å²) in [6.07, 6.45) is 1.38. The third kappa shape index (κ3) is 3.92. The monoisotopic (exact) mass is 325 g/mol. The first kappa shape index (κ1) is 15.7. The van der Waals surface area contributed by atoms with Crippen LogP contribution in [0.1, 0.15) is 26.3 Å². The van der Waals surface area contributed by atoms with Crippen LogP contribution in [0.2, 0.25) is 5.15 Å².